The van der Waals surface area contributed by atoms with Crippen molar-refractivity contribution < 1.29 is 26.7 Å². The van der Waals surface area contributed by atoms with Gasteiger partial charge in [-0.05, 0) is 48.0 Å². The third-order valence-corrected chi connectivity index (χ3v) is 5.75. The summed E-state index contributed by atoms with van der Waals surface area (Å²) in [6.07, 6.45) is -4.60. The summed E-state index contributed by atoms with van der Waals surface area (Å²) in [5.41, 5.74) is -1.89. The van der Waals surface area contributed by atoms with Gasteiger partial charge in [-0.2, -0.15) is 13.2 Å². The minimum absolute atomic E-state index is 0.0135. The van der Waals surface area contributed by atoms with Crippen LogP contribution in [-0.4, -0.2) is 20.3 Å². The van der Waals surface area contributed by atoms with Crippen molar-refractivity contribution in [1.29, 1.82) is 0 Å². The Labute approximate surface area is 211 Å². The highest BCUT2D eigenvalue weighted by atomic mass is 35.5. The number of rotatable bonds is 7. The van der Waals surface area contributed by atoms with E-state index >= 15 is 0 Å². The van der Waals surface area contributed by atoms with Crippen LogP contribution in [0.2, 0.25) is 5.02 Å². The second-order valence-corrected chi connectivity index (χ2v) is 8.43. The number of halogens is 6. The van der Waals surface area contributed by atoms with Crippen LogP contribution in [0.4, 0.5) is 22.0 Å². The molecule has 6 nitrogen and oxygen atoms in total. The van der Waals surface area contributed by atoms with Gasteiger partial charge in [0.1, 0.15) is 18.2 Å². The van der Waals surface area contributed by atoms with Gasteiger partial charge in [0, 0.05) is 22.7 Å². The normalized spacial score (nSPS) is 11.5. The summed E-state index contributed by atoms with van der Waals surface area (Å²) in [5.74, 6) is -2.52. The topological polar surface area (TPSA) is 68.9 Å². The first-order valence-electron chi connectivity index (χ1n) is 10.8. The highest BCUT2D eigenvalue weighted by Gasteiger charge is 2.32. The minimum atomic E-state index is -4.60. The van der Waals surface area contributed by atoms with Crippen LogP contribution in [0.5, 0.6) is 0 Å². The van der Waals surface area contributed by atoms with E-state index < -0.39 is 54.6 Å². The maximum Gasteiger partial charge on any atom is 0.416 e. The smallest absolute Gasteiger partial charge is 0.350 e. The Hall–Kier alpha value is -3.99. The van der Waals surface area contributed by atoms with Crippen molar-refractivity contribution in [3.8, 4) is 11.4 Å². The molecule has 0 atom stereocenters. The van der Waals surface area contributed by atoms with Crippen LogP contribution in [0.1, 0.15) is 16.7 Å². The number of aromatic nitrogens is 3. The molecule has 0 saturated carbocycles. The van der Waals surface area contributed by atoms with E-state index in [1.807, 2.05) is 0 Å². The van der Waals surface area contributed by atoms with Crippen molar-refractivity contribution in [2.75, 3.05) is 0 Å². The largest absolute Gasteiger partial charge is 0.416 e. The SMILES string of the molecule is O=C(Cn1nc(-c2ccc(Cl)cc2)n(Cc2c(F)cccc2F)c1=O)NCc1ccccc1C(F)(F)F. The van der Waals surface area contributed by atoms with Gasteiger partial charge in [0.15, 0.2) is 5.82 Å². The van der Waals surface area contributed by atoms with Crippen LogP contribution in [0.15, 0.2) is 71.5 Å². The van der Waals surface area contributed by atoms with Crippen molar-refractivity contribution in [2.24, 2.45) is 0 Å². The molecular formula is C25H18ClF5N4O2. The summed E-state index contributed by atoms with van der Waals surface area (Å²) in [5, 5.41) is 6.90. The van der Waals surface area contributed by atoms with E-state index in [9.17, 15) is 31.5 Å². The second-order valence-electron chi connectivity index (χ2n) is 7.99. The molecule has 0 aliphatic heterocycles. The summed E-state index contributed by atoms with van der Waals surface area (Å²) in [7, 11) is 0. The Morgan fingerprint density at radius 1 is 0.946 bits per heavy atom. The van der Waals surface area contributed by atoms with Crippen molar-refractivity contribution in [2.45, 2.75) is 25.8 Å². The quantitative estimate of drug-likeness (QED) is 0.337. The predicted octanol–water partition coefficient (Wildman–Crippen LogP) is 5.03. The minimum Gasteiger partial charge on any atom is -0.350 e. The lowest BCUT2D eigenvalue weighted by Gasteiger charge is -2.13. The molecule has 0 saturated heterocycles. The van der Waals surface area contributed by atoms with Crippen molar-refractivity contribution in [1.82, 2.24) is 19.7 Å². The van der Waals surface area contributed by atoms with Gasteiger partial charge < -0.3 is 5.32 Å². The summed E-state index contributed by atoms with van der Waals surface area (Å²) in [6, 6.07) is 14.2. The van der Waals surface area contributed by atoms with Crippen LogP contribution in [0.25, 0.3) is 11.4 Å². The van der Waals surface area contributed by atoms with Crippen LogP contribution >= 0.6 is 11.6 Å². The van der Waals surface area contributed by atoms with Crippen LogP contribution in [-0.2, 0) is 30.6 Å². The highest BCUT2D eigenvalue weighted by molar-refractivity contribution is 6.30. The Kier molecular flexibility index (Phi) is 7.44. The van der Waals surface area contributed by atoms with Gasteiger partial charge in [0.25, 0.3) is 0 Å². The number of carbonyl (C=O) groups is 1. The average molecular weight is 537 g/mol. The van der Waals surface area contributed by atoms with Gasteiger partial charge in [-0.1, -0.05) is 35.9 Å². The molecule has 3 aromatic carbocycles. The molecule has 0 spiro atoms. The Morgan fingerprint density at radius 3 is 2.24 bits per heavy atom. The zero-order chi connectivity index (χ0) is 26.7. The molecule has 1 N–H and O–H groups in total. The fourth-order valence-electron chi connectivity index (χ4n) is 3.68. The first-order chi connectivity index (χ1) is 17.5. The van der Waals surface area contributed by atoms with Crippen LogP contribution < -0.4 is 11.0 Å². The Morgan fingerprint density at radius 2 is 1.59 bits per heavy atom. The fraction of sp³-hybridized carbons (Fsp3) is 0.160. The number of alkyl halides is 3. The molecule has 192 valence electrons. The van der Waals surface area contributed by atoms with E-state index in [-0.39, 0.29) is 17.0 Å². The van der Waals surface area contributed by atoms with Gasteiger partial charge in [0.2, 0.25) is 5.91 Å². The van der Waals surface area contributed by atoms with E-state index in [0.717, 1.165) is 27.4 Å². The molecule has 0 bridgehead atoms. The van der Waals surface area contributed by atoms with Crippen LogP contribution in [0.3, 0.4) is 0 Å². The van der Waals surface area contributed by atoms with E-state index in [4.69, 9.17) is 11.6 Å². The third kappa shape index (κ3) is 5.88. The number of carbonyl (C=O) groups excluding carboxylic acids is 1. The Bertz CT molecular complexity index is 1480. The van der Waals surface area contributed by atoms with Gasteiger partial charge in [-0.15, -0.1) is 5.10 Å². The molecule has 37 heavy (non-hydrogen) atoms. The highest BCUT2D eigenvalue weighted by Crippen LogP contribution is 2.31. The zero-order valence-corrected chi connectivity index (χ0v) is 19.7. The van der Waals surface area contributed by atoms with Gasteiger partial charge in [-0.3, -0.25) is 9.36 Å². The van der Waals surface area contributed by atoms with E-state index in [2.05, 4.69) is 10.4 Å². The lowest BCUT2D eigenvalue weighted by Crippen LogP contribution is -2.34. The van der Waals surface area contributed by atoms with Gasteiger partial charge in [0.05, 0.1) is 12.1 Å². The molecule has 1 heterocycles. The molecule has 0 aliphatic carbocycles. The lowest BCUT2D eigenvalue weighted by molar-refractivity contribution is -0.138. The number of amides is 1. The summed E-state index contributed by atoms with van der Waals surface area (Å²) in [4.78, 5) is 25.6. The number of hydrogen-bond acceptors (Lipinski definition) is 3. The van der Waals surface area contributed by atoms with E-state index in [1.54, 1.807) is 0 Å². The molecule has 4 aromatic rings. The fourth-order valence-corrected chi connectivity index (χ4v) is 3.80. The number of nitrogens with zero attached hydrogens (tertiary/aromatic N) is 3. The second kappa shape index (κ2) is 10.6. The molecule has 0 aliphatic rings. The number of benzene rings is 3. The molecule has 0 radical (unpaired) electrons. The lowest BCUT2D eigenvalue weighted by atomic mass is 10.1. The van der Waals surface area contributed by atoms with Crippen molar-refractivity contribution in [3.05, 3.63) is 111 Å². The summed E-state index contributed by atoms with van der Waals surface area (Å²) >= 11 is 5.92. The third-order valence-electron chi connectivity index (χ3n) is 5.50. The van der Waals surface area contributed by atoms with Gasteiger partial charge >= 0.3 is 11.9 Å². The predicted molar refractivity (Wildman–Crippen MR) is 126 cm³/mol. The molecule has 0 fully saturated rings. The average Bonchev–Trinajstić information content (AvgIpc) is 3.15. The molecule has 1 amide bonds. The molecule has 4 rings (SSSR count). The monoisotopic (exact) mass is 536 g/mol. The van der Waals surface area contributed by atoms with Gasteiger partial charge in [-0.25, -0.2) is 18.3 Å². The maximum absolute atomic E-state index is 14.3. The van der Waals surface area contributed by atoms with Crippen molar-refractivity contribution >= 4 is 17.5 Å². The maximum atomic E-state index is 14.3. The first kappa shape index (κ1) is 26.1. The molecule has 12 heteroatoms. The van der Waals surface area contributed by atoms with E-state index in [1.165, 1.54) is 48.5 Å². The van der Waals surface area contributed by atoms with Crippen molar-refractivity contribution in [3.63, 3.8) is 0 Å². The molecule has 1 aromatic heterocycles. The summed E-state index contributed by atoms with van der Waals surface area (Å²) in [6.45, 7) is -1.59. The molecule has 0 unspecified atom stereocenters. The number of nitrogens with one attached hydrogen (secondary N) is 1. The first-order valence-corrected chi connectivity index (χ1v) is 11.2. The Balaban J connectivity index is 1.63. The molecular weight excluding hydrogens is 519 g/mol. The van der Waals surface area contributed by atoms with Crippen LogP contribution in [0, 0.1) is 11.6 Å². The number of hydrogen-bond donors (Lipinski definition) is 1. The zero-order valence-electron chi connectivity index (χ0n) is 18.9. The van der Waals surface area contributed by atoms with E-state index in [0.29, 0.717) is 10.6 Å². The summed E-state index contributed by atoms with van der Waals surface area (Å²) < 4.78 is 70.0. The standard InChI is InChI=1S/C25H18ClF5N4O2/c26-17-10-8-15(9-11-17)23-33-35(24(37)34(23)13-18-20(27)6-3-7-21(18)28)14-22(36)32-12-16-4-1-2-5-19(16)25(29,30)31/h1-11H,12-14H2,(H,32,36).